The number of hydrogen-bond donors (Lipinski definition) is 3. The minimum Gasteiger partial charge on any atom is -0.348 e. The van der Waals surface area contributed by atoms with E-state index in [1.54, 1.807) is 24.5 Å². The fraction of sp³-hybridized carbons (Fsp3) is 0.296. The molecule has 39 heavy (non-hydrogen) atoms. The van der Waals surface area contributed by atoms with Gasteiger partial charge >= 0.3 is 27.4 Å². The zero-order valence-corrected chi connectivity index (χ0v) is 23.6. The van der Waals surface area contributed by atoms with Gasteiger partial charge in [0.05, 0.1) is 35.1 Å². The lowest BCUT2D eigenvalue weighted by molar-refractivity contribution is 0.318. The topological polar surface area (TPSA) is 109 Å². The Morgan fingerprint density at radius 2 is 1.82 bits per heavy atom. The Kier molecular flexibility index (Phi) is 8.03. The first kappa shape index (κ1) is 27.3. The maximum absolute atomic E-state index is 15.0. The zero-order chi connectivity index (χ0) is 27.6. The van der Waals surface area contributed by atoms with Crippen molar-refractivity contribution in [3.05, 3.63) is 82.4 Å². The summed E-state index contributed by atoms with van der Waals surface area (Å²) < 4.78 is 36.4. The van der Waals surface area contributed by atoms with Crippen LogP contribution < -0.4 is 16.0 Å². The van der Waals surface area contributed by atoms with Crippen molar-refractivity contribution in [1.82, 2.24) is 20.3 Å². The van der Waals surface area contributed by atoms with Crippen LogP contribution in [0.5, 0.6) is 0 Å². The summed E-state index contributed by atoms with van der Waals surface area (Å²) in [6, 6.07) is 12.5. The fourth-order valence-corrected chi connectivity index (χ4v) is 5.81. The summed E-state index contributed by atoms with van der Waals surface area (Å²) in [5.41, 5.74) is 3.52. The van der Waals surface area contributed by atoms with E-state index in [2.05, 4.69) is 30.9 Å². The molecule has 1 saturated carbocycles. The standard InChI is InChI=1S/C27H26ClFN6O2S2/c1-15-3-4-18-6-8-23(35-25(18)24(15)28)34-22-7-5-19(9-21(22)29)16(2)33-26-31-13-17(14-32-26)12-30-20-10-27(11-20,38-36)39-37/h3-9,13-14,16,20,30H,10-12H2,1-2H3,(H,34,35)(H,31,32,33)/q+2/t16-/m0/s1. The first-order valence-corrected chi connectivity index (χ1v) is 14.2. The summed E-state index contributed by atoms with van der Waals surface area (Å²) in [4.78, 5) is 13.3. The molecule has 0 radical (unpaired) electrons. The third-order valence-corrected chi connectivity index (χ3v) is 8.97. The number of fused-ring (bicyclic) bond motifs is 1. The van der Waals surface area contributed by atoms with Gasteiger partial charge in [0.25, 0.3) is 0 Å². The molecule has 0 aliphatic heterocycles. The molecule has 1 atom stereocenters. The molecular weight excluding hydrogens is 559 g/mol. The van der Waals surface area contributed by atoms with Crippen LogP contribution in [0.2, 0.25) is 5.02 Å². The third-order valence-electron chi connectivity index (χ3n) is 6.81. The van der Waals surface area contributed by atoms with Gasteiger partial charge in [0.15, 0.2) is 0 Å². The molecule has 2 aromatic carbocycles. The number of halogens is 2. The molecule has 8 nitrogen and oxygen atoms in total. The van der Waals surface area contributed by atoms with Gasteiger partial charge in [-0.2, -0.15) is 0 Å². The van der Waals surface area contributed by atoms with Crippen LogP contribution in [-0.4, -0.2) is 25.1 Å². The van der Waals surface area contributed by atoms with Crippen LogP contribution in [0.4, 0.5) is 21.8 Å². The van der Waals surface area contributed by atoms with Crippen molar-refractivity contribution in [3.63, 3.8) is 0 Å². The van der Waals surface area contributed by atoms with E-state index in [0.29, 0.717) is 70.7 Å². The lowest BCUT2D eigenvalue weighted by Gasteiger charge is -2.24. The monoisotopic (exact) mass is 584 g/mol. The molecule has 1 fully saturated rings. The number of anilines is 3. The van der Waals surface area contributed by atoms with Crippen LogP contribution in [0.25, 0.3) is 10.9 Å². The molecule has 3 N–H and O–H groups in total. The zero-order valence-electron chi connectivity index (χ0n) is 21.2. The minimum atomic E-state index is -0.743. The van der Waals surface area contributed by atoms with Gasteiger partial charge < -0.3 is 16.0 Å². The van der Waals surface area contributed by atoms with Crippen LogP contribution in [0.1, 0.15) is 42.5 Å². The maximum atomic E-state index is 15.0. The lowest BCUT2D eigenvalue weighted by Crippen LogP contribution is -2.52. The second kappa shape index (κ2) is 11.5. The SMILES string of the molecule is Cc1ccc2ccc(Nc3ccc([C@H](C)Nc4ncc(CNC5CC([S+]=O)([S+]=O)C5)cn4)cc3F)nc2c1Cl. The number of benzene rings is 2. The van der Waals surface area contributed by atoms with E-state index in [0.717, 1.165) is 22.1 Å². The number of pyridine rings is 1. The number of hydrogen-bond acceptors (Lipinski definition) is 8. The Labute approximate surface area is 238 Å². The van der Waals surface area contributed by atoms with E-state index in [-0.39, 0.29) is 12.1 Å². The third kappa shape index (κ3) is 6.01. The van der Waals surface area contributed by atoms with Crippen LogP contribution in [0, 0.1) is 12.7 Å². The highest BCUT2D eigenvalue weighted by molar-refractivity contribution is 7.86. The van der Waals surface area contributed by atoms with E-state index in [1.807, 2.05) is 38.1 Å². The summed E-state index contributed by atoms with van der Waals surface area (Å²) in [6.45, 7) is 4.36. The number of aromatic nitrogens is 3. The summed E-state index contributed by atoms with van der Waals surface area (Å²) in [5.74, 6) is 0.516. The minimum absolute atomic E-state index is 0.136. The summed E-state index contributed by atoms with van der Waals surface area (Å²) >= 11 is 7.19. The van der Waals surface area contributed by atoms with E-state index < -0.39 is 9.90 Å². The highest BCUT2D eigenvalue weighted by atomic mass is 35.5. The van der Waals surface area contributed by atoms with Crippen molar-refractivity contribution in [2.45, 2.75) is 49.4 Å². The Morgan fingerprint density at radius 3 is 2.51 bits per heavy atom. The van der Waals surface area contributed by atoms with Crippen LogP contribution in [0.15, 0.2) is 54.9 Å². The fourth-order valence-electron chi connectivity index (χ4n) is 4.41. The molecule has 0 amide bonds. The lowest BCUT2D eigenvalue weighted by atomic mass is 9.91. The molecular formula is C27H26ClFN6O2S2+2. The molecule has 0 saturated heterocycles. The van der Waals surface area contributed by atoms with Gasteiger partial charge in [-0.3, -0.25) is 0 Å². The van der Waals surface area contributed by atoms with Gasteiger partial charge in [-0.25, -0.2) is 19.3 Å². The van der Waals surface area contributed by atoms with Crippen molar-refractivity contribution in [2.24, 2.45) is 0 Å². The smallest absolute Gasteiger partial charge is 0.348 e. The molecule has 2 heterocycles. The molecule has 0 bridgehead atoms. The first-order valence-electron chi connectivity index (χ1n) is 12.3. The van der Waals surface area contributed by atoms with E-state index in [4.69, 9.17) is 11.6 Å². The quantitative estimate of drug-likeness (QED) is 0.157. The Bertz CT molecular complexity index is 1530. The molecule has 200 valence electrons. The molecule has 4 aromatic rings. The highest BCUT2D eigenvalue weighted by Gasteiger charge is 2.69. The maximum Gasteiger partial charge on any atom is 0.539 e. The molecule has 0 unspecified atom stereocenters. The molecule has 5 rings (SSSR count). The molecule has 2 aromatic heterocycles. The second-order valence-corrected chi connectivity index (χ2v) is 12.2. The Balaban J connectivity index is 1.18. The van der Waals surface area contributed by atoms with Crippen LogP contribution in [-0.2, 0) is 38.3 Å². The van der Waals surface area contributed by atoms with Crippen molar-refractivity contribution < 1.29 is 12.8 Å². The largest absolute Gasteiger partial charge is 0.539 e. The highest BCUT2D eigenvalue weighted by Crippen LogP contribution is 2.34. The summed E-state index contributed by atoms with van der Waals surface area (Å²) in [6.07, 6.45) is 4.52. The number of nitrogens with one attached hydrogen (secondary N) is 3. The van der Waals surface area contributed by atoms with Crippen molar-refractivity contribution in [1.29, 1.82) is 0 Å². The van der Waals surface area contributed by atoms with Gasteiger partial charge in [-0.1, -0.05) is 29.8 Å². The van der Waals surface area contributed by atoms with Crippen molar-refractivity contribution >= 4 is 63.3 Å². The average Bonchev–Trinajstić information content (AvgIpc) is 2.92. The van der Waals surface area contributed by atoms with E-state index >= 15 is 4.39 Å². The van der Waals surface area contributed by atoms with Gasteiger partial charge in [-0.05, 0) is 49.2 Å². The van der Waals surface area contributed by atoms with E-state index in [9.17, 15) is 8.42 Å². The summed E-state index contributed by atoms with van der Waals surface area (Å²) in [7, 11) is 0. The van der Waals surface area contributed by atoms with Crippen molar-refractivity contribution in [2.75, 3.05) is 10.6 Å². The number of aryl methyl sites for hydroxylation is 1. The normalized spacial score (nSPS) is 15.4. The van der Waals surface area contributed by atoms with Gasteiger partial charge in [0.2, 0.25) is 5.95 Å². The van der Waals surface area contributed by atoms with Gasteiger partial charge in [0.1, 0.15) is 11.6 Å². The van der Waals surface area contributed by atoms with Gasteiger partial charge in [-0.15, -0.1) is 0 Å². The Morgan fingerprint density at radius 1 is 1.10 bits per heavy atom. The second-order valence-electron chi connectivity index (χ2n) is 9.67. The average molecular weight is 585 g/mol. The number of nitrogens with zero attached hydrogens (tertiary/aromatic N) is 3. The van der Waals surface area contributed by atoms with Crippen LogP contribution in [0.3, 0.4) is 0 Å². The first-order chi connectivity index (χ1) is 18.8. The van der Waals surface area contributed by atoms with E-state index in [1.165, 1.54) is 6.07 Å². The molecule has 0 spiro atoms. The summed E-state index contributed by atoms with van der Waals surface area (Å²) in [5, 5.41) is 11.1. The van der Waals surface area contributed by atoms with Gasteiger partial charge in [0, 0.05) is 44.3 Å². The predicted octanol–water partition coefficient (Wildman–Crippen LogP) is 5.85. The number of rotatable bonds is 10. The molecule has 1 aliphatic rings. The van der Waals surface area contributed by atoms with Crippen LogP contribution >= 0.6 is 11.6 Å². The molecule has 1 aliphatic carbocycles. The molecule has 12 heteroatoms. The Hall–Kier alpha value is -3.25. The predicted molar refractivity (Wildman–Crippen MR) is 154 cm³/mol. The van der Waals surface area contributed by atoms with Crippen molar-refractivity contribution in [3.8, 4) is 0 Å².